The van der Waals surface area contributed by atoms with E-state index in [2.05, 4.69) is 10.3 Å². The second kappa shape index (κ2) is 7.43. The number of halogens is 2. The highest BCUT2D eigenvalue weighted by Gasteiger charge is 2.34. The van der Waals surface area contributed by atoms with Gasteiger partial charge >= 0.3 is 6.09 Å². The van der Waals surface area contributed by atoms with E-state index in [0.717, 1.165) is 0 Å². The van der Waals surface area contributed by atoms with E-state index in [9.17, 15) is 14.7 Å². The quantitative estimate of drug-likeness (QED) is 0.721. The molecule has 2 amide bonds. The third kappa shape index (κ3) is 4.80. The van der Waals surface area contributed by atoms with Gasteiger partial charge in [-0.15, -0.1) is 0 Å². The lowest BCUT2D eigenvalue weighted by Crippen LogP contribution is -2.56. The number of nitrogens with zero attached hydrogens (tertiary/aromatic N) is 1. The molecule has 2 heterocycles. The van der Waals surface area contributed by atoms with Crippen molar-refractivity contribution in [2.24, 2.45) is 0 Å². The number of aliphatic hydroxyl groups is 1. The molecule has 25 heavy (non-hydrogen) atoms. The van der Waals surface area contributed by atoms with Crippen molar-refractivity contribution >= 4 is 35.2 Å². The summed E-state index contributed by atoms with van der Waals surface area (Å²) in [7, 11) is 0. The number of amides is 2. The first-order valence-electron chi connectivity index (χ1n) is 8.00. The van der Waals surface area contributed by atoms with E-state index in [0.29, 0.717) is 23.7 Å². The molecule has 0 aromatic carbocycles. The van der Waals surface area contributed by atoms with E-state index in [-0.39, 0.29) is 17.3 Å². The molecule has 1 aliphatic heterocycles. The molecule has 2 rings (SSSR count). The molecule has 140 valence electrons. The predicted molar refractivity (Wildman–Crippen MR) is 95.2 cm³/mol. The number of aliphatic hydroxyl groups excluding tert-OH is 1. The van der Waals surface area contributed by atoms with Gasteiger partial charge in [-0.3, -0.25) is 4.79 Å². The van der Waals surface area contributed by atoms with E-state index < -0.39 is 29.7 Å². The summed E-state index contributed by atoms with van der Waals surface area (Å²) in [4.78, 5) is 28.7. The van der Waals surface area contributed by atoms with Crippen LogP contribution in [0, 0.1) is 6.92 Å². The lowest BCUT2D eigenvalue weighted by Gasteiger charge is -2.36. The van der Waals surface area contributed by atoms with Gasteiger partial charge in [-0.05, 0) is 34.1 Å². The Morgan fingerprint density at radius 2 is 1.96 bits per heavy atom. The van der Waals surface area contributed by atoms with E-state index in [4.69, 9.17) is 27.9 Å². The minimum atomic E-state index is -0.907. The number of nitrogens with one attached hydrogen (secondary N) is 2. The Labute approximate surface area is 156 Å². The zero-order valence-corrected chi connectivity index (χ0v) is 16.2. The first-order chi connectivity index (χ1) is 11.5. The molecule has 1 aliphatic rings. The number of aryl methyl sites for hydroxylation is 1. The van der Waals surface area contributed by atoms with Crippen LogP contribution >= 0.6 is 23.2 Å². The zero-order chi connectivity index (χ0) is 18.9. The molecule has 9 heteroatoms. The number of aromatic amines is 1. The standard InChI is InChI=1S/C16H23Cl2N3O4/c1-8-11(17)12(18)13(19-8)14(23)20-9-5-6-21(7-10(9)22)15(24)25-16(2,3)4/h9-10,19,22H,5-7H2,1-4H3,(H,20,23)/t9-,10-/m0/s1. The Balaban J connectivity index is 1.96. The average Bonchev–Trinajstić information content (AvgIpc) is 2.75. The monoisotopic (exact) mass is 391 g/mol. The second-order valence-corrected chi connectivity index (χ2v) is 7.87. The van der Waals surface area contributed by atoms with Gasteiger partial charge in [0.15, 0.2) is 0 Å². The number of H-pyrrole nitrogens is 1. The molecule has 0 bridgehead atoms. The Bertz CT molecular complexity index is 669. The van der Waals surface area contributed by atoms with Crippen molar-refractivity contribution in [1.29, 1.82) is 0 Å². The number of carbonyl (C=O) groups excluding carboxylic acids is 2. The normalized spacial score (nSPS) is 21.2. The van der Waals surface area contributed by atoms with Crippen molar-refractivity contribution in [3.05, 3.63) is 21.4 Å². The van der Waals surface area contributed by atoms with Crippen LogP contribution in [0.1, 0.15) is 43.4 Å². The largest absolute Gasteiger partial charge is 0.444 e. The van der Waals surface area contributed by atoms with Crippen molar-refractivity contribution in [3.63, 3.8) is 0 Å². The Morgan fingerprint density at radius 1 is 1.32 bits per heavy atom. The van der Waals surface area contributed by atoms with Crippen LogP contribution in [0.3, 0.4) is 0 Å². The summed E-state index contributed by atoms with van der Waals surface area (Å²) in [6, 6.07) is -0.496. The van der Waals surface area contributed by atoms with Crippen molar-refractivity contribution in [2.75, 3.05) is 13.1 Å². The van der Waals surface area contributed by atoms with Gasteiger partial charge in [0.25, 0.3) is 5.91 Å². The zero-order valence-electron chi connectivity index (χ0n) is 14.7. The smallest absolute Gasteiger partial charge is 0.410 e. The summed E-state index contributed by atoms with van der Waals surface area (Å²) >= 11 is 12.0. The molecule has 0 unspecified atom stereocenters. The van der Waals surface area contributed by atoms with Crippen LogP contribution in [0.5, 0.6) is 0 Å². The summed E-state index contributed by atoms with van der Waals surface area (Å²) in [6.45, 7) is 7.50. The molecule has 1 aromatic heterocycles. The summed E-state index contributed by atoms with van der Waals surface area (Å²) in [5.74, 6) is -0.449. The van der Waals surface area contributed by atoms with E-state index in [1.54, 1.807) is 27.7 Å². The van der Waals surface area contributed by atoms with Gasteiger partial charge in [0.2, 0.25) is 0 Å². The second-order valence-electron chi connectivity index (χ2n) is 7.12. The number of hydrogen-bond donors (Lipinski definition) is 3. The molecule has 0 saturated carbocycles. The van der Waals surface area contributed by atoms with Gasteiger partial charge in [-0.2, -0.15) is 0 Å². The number of ether oxygens (including phenoxy) is 1. The number of β-amino-alcohol motifs (C(OH)–C–C–N with tert-alkyl or cyclic N) is 1. The summed E-state index contributed by atoms with van der Waals surface area (Å²) < 4.78 is 5.29. The van der Waals surface area contributed by atoms with E-state index in [1.807, 2.05) is 0 Å². The first kappa shape index (κ1) is 19.9. The Morgan fingerprint density at radius 3 is 2.44 bits per heavy atom. The maximum atomic E-state index is 12.3. The van der Waals surface area contributed by atoms with Gasteiger partial charge in [-0.1, -0.05) is 23.2 Å². The third-order valence-corrected chi connectivity index (χ3v) is 4.78. The van der Waals surface area contributed by atoms with Gasteiger partial charge < -0.3 is 25.0 Å². The van der Waals surface area contributed by atoms with Crippen molar-refractivity contribution < 1.29 is 19.4 Å². The Kier molecular flexibility index (Phi) is 5.91. The average molecular weight is 392 g/mol. The Hall–Kier alpha value is -1.44. The molecule has 1 saturated heterocycles. The van der Waals surface area contributed by atoms with Crippen molar-refractivity contribution in [2.45, 2.75) is 51.9 Å². The van der Waals surface area contributed by atoms with Crippen molar-refractivity contribution in [3.8, 4) is 0 Å². The van der Waals surface area contributed by atoms with Crippen LogP contribution in [-0.2, 0) is 4.74 Å². The van der Waals surface area contributed by atoms with Crippen molar-refractivity contribution in [1.82, 2.24) is 15.2 Å². The molecule has 1 aromatic rings. The highest BCUT2D eigenvalue weighted by atomic mass is 35.5. The number of piperidine rings is 1. The maximum absolute atomic E-state index is 12.3. The number of rotatable bonds is 2. The fraction of sp³-hybridized carbons (Fsp3) is 0.625. The van der Waals surface area contributed by atoms with Gasteiger partial charge in [-0.25, -0.2) is 4.79 Å². The summed E-state index contributed by atoms with van der Waals surface area (Å²) in [5.41, 5.74) is 0.150. The van der Waals surface area contributed by atoms with Crippen LogP contribution in [0.25, 0.3) is 0 Å². The van der Waals surface area contributed by atoms with Gasteiger partial charge in [0.1, 0.15) is 11.3 Å². The topological polar surface area (TPSA) is 94.7 Å². The molecular weight excluding hydrogens is 369 g/mol. The highest BCUT2D eigenvalue weighted by molar-refractivity contribution is 6.44. The lowest BCUT2D eigenvalue weighted by molar-refractivity contribution is -0.00411. The molecule has 3 N–H and O–H groups in total. The molecule has 0 spiro atoms. The van der Waals surface area contributed by atoms with Crippen LogP contribution in [0.15, 0.2) is 0 Å². The molecule has 2 atom stereocenters. The fourth-order valence-electron chi connectivity index (χ4n) is 2.56. The number of aromatic nitrogens is 1. The number of hydrogen-bond acceptors (Lipinski definition) is 4. The van der Waals surface area contributed by atoms with Crippen LogP contribution in [-0.4, -0.2) is 57.8 Å². The third-order valence-electron chi connectivity index (χ3n) is 3.83. The maximum Gasteiger partial charge on any atom is 0.410 e. The molecule has 1 fully saturated rings. The lowest BCUT2D eigenvalue weighted by atomic mass is 10.0. The molecular formula is C16H23Cl2N3O4. The minimum Gasteiger partial charge on any atom is -0.444 e. The van der Waals surface area contributed by atoms with Crippen LogP contribution in [0.2, 0.25) is 10.0 Å². The van der Waals surface area contributed by atoms with Crippen LogP contribution < -0.4 is 5.32 Å². The molecule has 0 radical (unpaired) electrons. The highest BCUT2D eigenvalue weighted by Crippen LogP contribution is 2.29. The number of likely N-dealkylation sites (tertiary alicyclic amines) is 1. The first-order valence-corrected chi connectivity index (χ1v) is 8.75. The summed E-state index contributed by atoms with van der Waals surface area (Å²) in [6.07, 6.45) is -0.987. The van der Waals surface area contributed by atoms with Crippen LogP contribution in [0.4, 0.5) is 4.79 Å². The van der Waals surface area contributed by atoms with E-state index in [1.165, 1.54) is 4.90 Å². The molecule has 7 nitrogen and oxygen atoms in total. The minimum absolute atomic E-state index is 0.0815. The summed E-state index contributed by atoms with van der Waals surface area (Å²) in [5, 5.41) is 13.5. The predicted octanol–water partition coefficient (Wildman–Crippen LogP) is 2.73. The van der Waals surface area contributed by atoms with E-state index >= 15 is 0 Å². The fourth-order valence-corrected chi connectivity index (χ4v) is 2.98. The SMILES string of the molecule is Cc1[nH]c(C(=O)N[C@H]2CCN(C(=O)OC(C)(C)C)C[C@@H]2O)c(Cl)c1Cl. The molecule has 0 aliphatic carbocycles. The van der Waals surface area contributed by atoms with Gasteiger partial charge in [0.05, 0.1) is 28.7 Å². The number of carbonyl (C=O) groups is 2. The van der Waals surface area contributed by atoms with Gasteiger partial charge in [0, 0.05) is 12.2 Å².